The summed E-state index contributed by atoms with van der Waals surface area (Å²) in [6.07, 6.45) is 0. The molecule has 0 bridgehead atoms. The van der Waals surface area contributed by atoms with Crippen LogP contribution in [-0.4, -0.2) is 5.10 Å². The fourth-order valence-electron chi connectivity index (χ4n) is 1.03. The topological polar surface area (TPSA) is 55.9 Å². The van der Waals surface area contributed by atoms with Gasteiger partial charge in [0.25, 0.3) is 5.82 Å². The van der Waals surface area contributed by atoms with E-state index in [2.05, 4.69) is 10.2 Å². The van der Waals surface area contributed by atoms with Crippen molar-refractivity contribution in [1.82, 2.24) is 5.10 Å². The lowest BCUT2D eigenvalue weighted by Crippen LogP contribution is -2.06. The Balaban J connectivity index is 2.93. The Labute approximate surface area is 57.9 Å². The van der Waals surface area contributed by atoms with Crippen molar-refractivity contribution in [1.29, 1.82) is 0 Å². The molecule has 50 valence electrons. The van der Waals surface area contributed by atoms with Crippen LogP contribution in [0.15, 0.2) is 24.3 Å². The van der Waals surface area contributed by atoms with Gasteiger partial charge in [0.15, 0.2) is 0 Å². The second-order valence-corrected chi connectivity index (χ2v) is 2.21. The third kappa shape index (κ3) is 0.572. The molecule has 0 spiro atoms. The van der Waals surface area contributed by atoms with Gasteiger partial charge < -0.3 is 0 Å². The number of nitrogen functional groups attached to an aromatic ring is 1. The van der Waals surface area contributed by atoms with Crippen LogP contribution in [0.1, 0.15) is 0 Å². The van der Waals surface area contributed by atoms with Crippen molar-refractivity contribution in [2.75, 3.05) is 5.73 Å². The van der Waals surface area contributed by atoms with E-state index in [9.17, 15) is 0 Å². The van der Waals surface area contributed by atoms with E-state index in [-0.39, 0.29) is 0 Å². The lowest BCUT2D eigenvalue weighted by molar-refractivity contribution is -0.430. The van der Waals surface area contributed by atoms with Crippen molar-refractivity contribution >= 4 is 16.7 Å². The first kappa shape index (κ1) is 5.29. The molecule has 0 amide bonds. The van der Waals surface area contributed by atoms with Crippen molar-refractivity contribution in [2.24, 2.45) is 0 Å². The summed E-state index contributed by atoms with van der Waals surface area (Å²) in [5.74, 6) is 0.690. The highest BCUT2D eigenvalue weighted by atomic mass is 15.1. The van der Waals surface area contributed by atoms with Gasteiger partial charge in [-0.2, -0.15) is 5.10 Å². The fourth-order valence-corrected chi connectivity index (χ4v) is 1.03. The van der Waals surface area contributed by atoms with Gasteiger partial charge in [-0.05, 0) is 12.1 Å². The number of fused-ring (bicyclic) bond motifs is 1. The van der Waals surface area contributed by atoms with Gasteiger partial charge in [-0.15, -0.1) is 0 Å². The van der Waals surface area contributed by atoms with Crippen molar-refractivity contribution in [2.45, 2.75) is 0 Å². The van der Waals surface area contributed by atoms with Gasteiger partial charge in [0.2, 0.25) is 0 Å². The molecule has 0 aliphatic heterocycles. The van der Waals surface area contributed by atoms with Crippen LogP contribution >= 0.6 is 0 Å². The summed E-state index contributed by atoms with van der Waals surface area (Å²) in [6, 6.07) is 7.87. The molecule has 4 N–H and O–H groups in total. The number of hydrogen-bond donors (Lipinski definition) is 2. The Kier molecular flexibility index (Phi) is 0.917. The molecular weight excluding hydrogens is 126 g/mol. The van der Waals surface area contributed by atoms with Gasteiger partial charge in [-0.25, -0.2) is 5.10 Å². The normalized spacial score (nSPS) is 10.4. The monoisotopic (exact) mass is 134 g/mol. The van der Waals surface area contributed by atoms with Crippen LogP contribution in [0.25, 0.3) is 10.9 Å². The van der Waals surface area contributed by atoms with Gasteiger partial charge in [-0.3, -0.25) is 5.73 Å². The zero-order valence-electron chi connectivity index (χ0n) is 5.39. The number of para-hydroxylation sites is 1. The minimum absolute atomic E-state index is 0.690. The van der Waals surface area contributed by atoms with Crippen molar-refractivity contribution < 1.29 is 5.10 Å². The molecule has 0 unspecified atom stereocenters. The Morgan fingerprint density at radius 3 is 2.90 bits per heavy atom. The second kappa shape index (κ2) is 1.73. The zero-order valence-corrected chi connectivity index (χ0v) is 5.39. The maximum Gasteiger partial charge on any atom is 0.298 e. The van der Waals surface area contributed by atoms with Crippen molar-refractivity contribution in [3.8, 4) is 0 Å². The van der Waals surface area contributed by atoms with E-state index in [1.54, 1.807) is 0 Å². The Bertz CT molecular complexity index is 350. The standard InChI is InChI=1S/C7H7N3/c8-7-5-3-1-2-4-6(5)9-10-7/h1-4H,(H3,8,9,10)/p+1. The van der Waals surface area contributed by atoms with Crippen molar-refractivity contribution in [3.05, 3.63) is 24.3 Å². The number of rotatable bonds is 0. The second-order valence-electron chi connectivity index (χ2n) is 2.21. The number of aromatic nitrogens is 2. The summed E-state index contributed by atoms with van der Waals surface area (Å²) in [5.41, 5.74) is 6.63. The molecule has 3 heteroatoms. The summed E-state index contributed by atoms with van der Waals surface area (Å²) < 4.78 is 0. The minimum Gasteiger partial charge on any atom is -0.285 e. The summed E-state index contributed by atoms with van der Waals surface area (Å²) in [6.45, 7) is 0. The van der Waals surface area contributed by atoms with E-state index < -0.39 is 0 Å². The molecule has 1 aromatic carbocycles. The van der Waals surface area contributed by atoms with Crippen LogP contribution in [-0.2, 0) is 0 Å². The molecule has 1 aromatic heterocycles. The first-order chi connectivity index (χ1) is 4.88. The molecule has 2 aromatic rings. The lowest BCUT2D eigenvalue weighted by atomic mass is 10.2. The fraction of sp³-hybridized carbons (Fsp3) is 0. The molecule has 3 nitrogen and oxygen atoms in total. The summed E-state index contributed by atoms with van der Waals surface area (Å²) in [7, 11) is 0. The summed E-state index contributed by atoms with van der Waals surface area (Å²) in [4.78, 5) is 0. The molecular formula is C7H8N3+. The lowest BCUT2D eigenvalue weighted by Gasteiger charge is -1.80. The summed E-state index contributed by atoms with van der Waals surface area (Å²) >= 11 is 0. The third-order valence-electron chi connectivity index (χ3n) is 1.55. The number of benzene rings is 1. The third-order valence-corrected chi connectivity index (χ3v) is 1.55. The van der Waals surface area contributed by atoms with Gasteiger partial charge in [-0.1, -0.05) is 12.1 Å². The maximum absolute atomic E-state index is 5.59. The predicted octanol–water partition coefficient (Wildman–Crippen LogP) is 0.564. The number of anilines is 1. The summed E-state index contributed by atoms with van der Waals surface area (Å²) in [5, 5.41) is 6.81. The van der Waals surface area contributed by atoms with Crippen LogP contribution in [0.2, 0.25) is 0 Å². The highest BCUT2D eigenvalue weighted by Gasteiger charge is 2.02. The van der Waals surface area contributed by atoms with E-state index >= 15 is 0 Å². The van der Waals surface area contributed by atoms with Crippen LogP contribution < -0.4 is 10.8 Å². The molecule has 0 aliphatic carbocycles. The number of hydrogen-bond acceptors (Lipinski definition) is 1. The highest BCUT2D eigenvalue weighted by molar-refractivity contribution is 5.86. The first-order valence-electron chi connectivity index (χ1n) is 3.12. The average Bonchev–Trinajstić information content (AvgIpc) is 2.34. The van der Waals surface area contributed by atoms with E-state index in [0.717, 1.165) is 10.9 Å². The van der Waals surface area contributed by atoms with E-state index in [0.29, 0.717) is 5.82 Å². The SMILES string of the molecule is Nc1[nH+][nH]c2ccccc12. The Morgan fingerprint density at radius 2 is 2.10 bits per heavy atom. The molecule has 0 aliphatic rings. The van der Waals surface area contributed by atoms with Crippen LogP contribution in [0.4, 0.5) is 5.82 Å². The Morgan fingerprint density at radius 1 is 1.30 bits per heavy atom. The van der Waals surface area contributed by atoms with Crippen LogP contribution in [0.3, 0.4) is 0 Å². The van der Waals surface area contributed by atoms with E-state index in [4.69, 9.17) is 5.73 Å². The molecule has 10 heavy (non-hydrogen) atoms. The van der Waals surface area contributed by atoms with Crippen molar-refractivity contribution in [3.63, 3.8) is 0 Å². The van der Waals surface area contributed by atoms with E-state index in [1.807, 2.05) is 24.3 Å². The highest BCUT2D eigenvalue weighted by Crippen LogP contribution is 2.12. The minimum atomic E-state index is 0.690. The maximum atomic E-state index is 5.59. The van der Waals surface area contributed by atoms with Gasteiger partial charge in [0, 0.05) is 0 Å². The molecule has 0 atom stereocenters. The Hall–Kier alpha value is -1.51. The zero-order chi connectivity index (χ0) is 6.97. The number of nitrogens with one attached hydrogen (secondary N) is 2. The molecule has 2 rings (SSSR count). The smallest absolute Gasteiger partial charge is 0.285 e. The number of nitrogens with two attached hydrogens (primary N) is 1. The number of aromatic amines is 2. The van der Waals surface area contributed by atoms with Gasteiger partial charge in [0.05, 0.1) is 10.9 Å². The quantitative estimate of drug-likeness (QED) is 0.543. The molecule has 0 fully saturated rings. The van der Waals surface area contributed by atoms with Crippen LogP contribution in [0, 0.1) is 0 Å². The largest absolute Gasteiger partial charge is 0.298 e. The predicted molar refractivity (Wildman–Crippen MR) is 39.3 cm³/mol. The van der Waals surface area contributed by atoms with Gasteiger partial charge >= 0.3 is 0 Å². The van der Waals surface area contributed by atoms with Gasteiger partial charge in [0.1, 0.15) is 0 Å². The molecule has 0 radical (unpaired) electrons. The van der Waals surface area contributed by atoms with E-state index in [1.165, 1.54) is 0 Å². The molecule has 1 heterocycles. The first-order valence-corrected chi connectivity index (χ1v) is 3.12. The van der Waals surface area contributed by atoms with Crippen LogP contribution in [0.5, 0.6) is 0 Å². The molecule has 0 saturated carbocycles. The molecule has 0 saturated heterocycles. The average molecular weight is 134 g/mol. The number of H-pyrrole nitrogens is 2.